The normalized spacial score (nSPS) is 41.9. The summed E-state index contributed by atoms with van der Waals surface area (Å²) in [5.41, 5.74) is 0.262. The lowest BCUT2D eigenvalue weighted by Gasteiger charge is -2.50. The van der Waals surface area contributed by atoms with E-state index < -0.39 is 11.6 Å². The van der Waals surface area contributed by atoms with Crippen LogP contribution in [0.15, 0.2) is 12.3 Å². The van der Waals surface area contributed by atoms with Crippen LogP contribution in [0.25, 0.3) is 0 Å². The van der Waals surface area contributed by atoms with Crippen LogP contribution >= 0.6 is 0 Å². The van der Waals surface area contributed by atoms with Crippen molar-refractivity contribution in [2.24, 2.45) is 34.5 Å². The monoisotopic (exact) mass is 554 g/mol. The third kappa shape index (κ3) is 2.46. The molecule has 1 spiro atoms. The van der Waals surface area contributed by atoms with E-state index in [4.69, 9.17) is 14.7 Å². The molecule has 1 saturated heterocycles. The van der Waals surface area contributed by atoms with Crippen LogP contribution < -0.4 is 25.2 Å². The number of methoxy groups -OCH3 is 1. The van der Waals surface area contributed by atoms with Crippen molar-refractivity contribution in [1.29, 1.82) is 0 Å². The van der Waals surface area contributed by atoms with Crippen LogP contribution in [-0.4, -0.2) is 71.7 Å². The van der Waals surface area contributed by atoms with E-state index in [9.17, 15) is 13.2 Å². The minimum atomic E-state index is -4.12. The molecule has 9 nitrogen and oxygen atoms in total. The summed E-state index contributed by atoms with van der Waals surface area (Å²) in [6.07, 6.45) is -0.673. The highest BCUT2D eigenvalue weighted by Gasteiger charge is 2.97. The average molecular weight is 555 g/mol. The van der Waals surface area contributed by atoms with Gasteiger partial charge < -0.3 is 25.2 Å². The van der Waals surface area contributed by atoms with Gasteiger partial charge in [0.15, 0.2) is 0 Å². The van der Waals surface area contributed by atoms with E-state index in [0.717, 1.165) is 36.0 Å². The number of ether oxygens (including phenoxy) is 1. The molecule has 0 bridgehead atoms. The number of hydrogen-bond donors (Lipinski definition) is 2. The van der Waals surface area contributed by atoms with E-state index in [-0.39, 0.29) is 41.7 Å². The van der Waals surface area contributed by atoms with Gasteiger partial charge in [0.2, 0.25) is 11.8 Å². The van der Waals surface area contributed by atoms with Crippen molar-refractivity contribution in [2.45, 2.75) is 56.3 Å². The third-order valence-electron chi connectivity index (χ3n) is 12.1. The van der Waals surface area contributed by atoms with Crippen molar-refractivity contribution < 1.29 is 17.9 Å². The SMILES string of the molecule is CNc1nc(NC2C3CN(c4cnnc(OC)c4)CC34CC24)nc2c1C(C)(C)CN2[C@]12CC3(C(F)(F)F)CC1C32. The maximum Gasteiger partial charge on any atom is 0.394 e. The second kappa shape index (κ2) is 6.70. The molecule has 7 aliphatic rings. The predicted molar refractivity (Wildman–Crippen MR) is 142 cm³/mol. The Labute approximate surface area is 230 Å². The Morgan fingerprint density at radius 1 is 1.10 bits per heavy atom. The fourth-order valence-corrected chi connectivity index (χ4v) is 10.3. The predicted octanol–water partition coefficient (Wildman–Crippen LogP) is 3.69. The summed E-state index contributed by atoms with van der Waals surface area (Å²) >= 11 is 0. The summed E-state index contributed by atoms with van der Waals surface area (Å²) in [4.78, 5) is 14.6. The fourth-order valence-electron chi connectivity index (χ4n) is 10.3. The van der Waals surface area contributed by atoms with Gasteiger partial charge in [-0.1, -0.05) is 13.8 Å². The first-order valence-corrected chi connectivity index (χ1v) is 14.3. The number of aromatic nitrogens is 4. The van der Waals surface area contributed by atoms with Crippen LogP contribution in [0.2, 0.25) is 0 Å². The number of anilines is 4. The Kier molecular flexibility index (Phi) is 3.96. The van der Waals surface area contributed by atoms with Gasteiger partial charge in [-0.2, -0.15) is 28.2 Å². The van der Waals surface area contributed by atoms with Gasteiger partial charge in [-0.3, -0.25) is 0 Å². The first-order valence-electron chi connectivity index (χ1n) is 14.3. The number of hydrogen-bond acceptors (Lipinski definition) is 9. The van der Waals surface area contributed by atoms with E-state index in [0.29, 0.717) is 35.6 Å². The van der Waals surface area contributed by atoms with Gasteiger partial charge in [0.25, 0.3) is 0 Å². The lowest BCUT2D eigenvalue weighted by Crippen LogP contribution is -2.58. The largest absolute Gasteiger partial charge is 0.480 e. The fraction of sp³-hybridized carbons (Fsp3) is 0.714. The Bertz CT molecular complexity index is 1480. The van der Waals surface area contributed by atoms with Crippen LogP contribution in [0, 0.1) is 34.5 Å². The summed E-state index contributed by atoms with van der Waals surface area (Å²) in [5.74, 6) is 3.57. The number of halogens is 3. The van der Waals surface area contributed by atoms with Gasteiger partial charge >= 0.3 is 6.18 Å². The van der Waals surface area contributed by atoms with Crippen molar-refractivity contribution in [3.8, 4) is 5.88 Å². The lowest BCUT2D eigenvalue weighted by molar-refractivity contribution is -0.272. The molecule has 4 heterocycles. The maximum atomic E-state index is 13.9. The molecule has 212 valence electrons. The Hall–Kier alpha value is -3.05. The summed E-state index contributed by atoms with van der Waals surface area (Å²) in [5, 5.41) is 15.1. The van der Waals surface area contributed by atoms with Crippen molar-refractivity contribution in [1.82, 2.24) is 20.2 Å². The van der Waals surface area contributed by atoms with E-state index >= 15 is 0 Å². The molecule has 0 amide bonds. The molecule has 2 aromatic rings. The van der Waals surface area contributed by atoms with Crippen LogP contribution in [-0.2, 0) is 5.41 Å². The molecule has 12 heteroatoms. The second-order valence-corrected chi connectivity index (χ2v) is 14.1. The van der Waals surface area contributed by atoms with Gasteiger partial charge in [0, 0.05) is 67.1 Å². The van der Waals surface area contributed by atoms with Crippen molar-refractivity contribution in [3.63, 3.8) is 0 Å². The highest BCUT2D eigenvalue weighted by Crippen LogP contribution is 2.92. The van der Waals surface area contributed by atoms with Gasteiger partial charge in [-0.25, -0.2) is 0 Å². The summed E-state index contributed by atoms with van der Waals surface area (Å²) in [6.45, 7) is 6.89. The van der Waals surface area contributed by atoms with Crippen LogP contribution in [0.5, 0.6) is 5.88 Å². The molecule has 2 aliphatic heterocycles. The summed E-state index contributed by atoms with van der Waals surface area (Å²) < 4.78 is 47.0. The molecule has 9 rings (SSSR count). The van der Waals surface area contributed by atoms with E-state index in [1.807, 2.05) is 13.1 Å². The first-order chi connectivity index (χ1) is 19.0. The molecule has 6 fully saturated rings. The molecule has 8 atom stereocenters. The van der Waals surface area contributed by atoms with E-state index in [1.165, 1.54) is 6.42 Å². The molecular weight excluding hydrogens is 521 g/mol. The molecule has 0 radical (unpaired) electrons. The molecule has 5 saturated carbocycles. The van der Waals surface area contributed by atoms with Crippen molar-refractivity contribution in [3.05, 3.63) is 17.8 Å². The third-order valence-corrected chi connectivity index (χ3v) is 12.1. The second-order valence-electron chi connectivity index (χ2n) is 14.1. The number of nitrogens with zero attached hydrogens (tertiary/aromatic N) is 6. The molecule has 0 aromatic carbocycles. The first kappa shape index (κ1) is 23.6. The molecule has 40 heavy (non-hydrogen) atoms. The zero-order chi connectivity index (χ0) is 27.6. The van der Waals surface area contributed by atoms with E-state index in [2.05, 4.69) is 44.5 Å². The maximum absolute atomic E-state index is 13.9. The smallest absolute Gasteiger partial charge is 0.394 e. The molecule has 2 aromatic heterocycles. The number of fused-ring (bicyclic) bond motifs is 2. The quantitative estimate of drug-likeness (QED) is 0.555. The van der Waals surface area contributed by atoms with Gasteiger partial charge in [-0.15, -0.1) is 5.10 Å². The van der Waals surface area contributed by atoms with Crippen LogP contribution in [0.4, 0.5) is 36.4 Å². The van der Waals surface area contributed by atoms with Crippen molar-refractivity contribution >= 4 is 23.3 Å². The molecule has 5 aliphatic carbocycles. The minimum Gasteiger partial charge on any atom is -0.480 e. The topological polar surface area (TPSA) is 91.3 Å². The van der Waals surface area contributed by atoms with Gasteiger partial charge in [0.05, 0.1) is 24.4 Å². The highest BCUT2D eigenvalue weighted by molar-refractivity contribution is 5.73. The Morgan fingerprint density at radius 3 is 2.62 bits per heavy atom. The summed E-state index contributed by atoms with van der Waals surface area (Å²) in [6, 6.07) is 2.20. The minimum absolute atomic E-state index is 0.129. The van der Waals surface area contributed by atoms with E-state index in [1.54, 1.807) is 13.3 Å². The summed E-state index contributed by atoms with van der Waals surface area (Å²) in [7, 11) is 3.46. The zero-order valence-electron chi connectivity index (χ0n) is 23.0. The van der Waals surface area contributed by atoms with Gasteiger partial charge in [0.1, 0.15) is 11.6 Å². The van der Waals surface area contributed by atoms with Crippen LogP contribution in [0.3, 0.4) is 0 Å². The molecule has 2 N–H and O–H groups in total. The number of alkyl halides is 3. The Morgan fingerprint density at radius 2 is 1.93 bits per heavy atom. The number of rotatable bonds is 6. The average Bonchev–Trinajstić information content (AvgIpc) is 3.32. The standard InChI is InChI=1S/C28H33F3N8O/c1-24(2)11-39(27-10-26(28(29,30)31)7-15(27)20(26)27)22-18(24)21(32-3)35-23(36-22)34-19-14-6-25(14)12-38(9-16(19)25)13-5-17(40-4)37-33-8-13/h5,8,14-16,19-20H,6-7,9-12H2,1-4H3,(H2,32,34,35,36)/t14?,15?,16?,19?,20?,25?,26?,27-/m1/s1. The zero-order valence-corrected chi connectivity index (χ0v) is 23.0. The Balaban J connectivity index is 1.00. The highest BCUT2D eigenvalue weighted by atomic mass is 19.4. The number of nitrogens with one attached hydrogen (secondary N) is 2. The van der Waals surface area contributed by atoms with Crippen LogP contribution in [0.1, 0.15) is 38.7 Å². The molecule has 7 unspecified atom stereocenters. The lowest BCUT2D eigenvalue weighted by atomic mass is 9.60. The molecular formula is C28H33F3N8O. The van der Waals surface area contributed by atoms with Crippen molar-refractivity contribution in [2.75, 3.05) is 54.2 Å². The van der Waals surface area contributed by atoms with Gasteiger partial charge in [-0.05, 0) is 36.5 Å².